The molecule has 1 rings (SSSR count). The maximum Gasteiger partial charge on any atom is 0.407 e. The lowest BCUT2D eigenvalue weighted by Crippen LogP contribution is -2.55. The summed E-state index contributed by atoms with van der Waals surface area (Å²) in [6.45, 7) is 25.0. The van der Waals surface area contributed by atoms with Gasteiger partial charge in [0.15, 0.2) is 8.32 Å². The molecule has 0 heterocycles. The van der Waals surface area contributed by atoms with Crippen LogP contribution in [0.1, 0.15) is 114 Å². The minimum absolute atomic E-state index is 0.000413. The van der Waals surface area contributed by atoms with Gasteiger partial charge in [0, 0.05) is 6.42 Å². The van der Waals surface area contributed by atoms with E-state index in [1.54, 1.807) is 20.8 Å². The van der Waals surface area contributed by atoms with Gasteiger partial charge in [-0.25, -0.2) is 9.59 Å². The van der Waals surface area contributed by atoms with Gasteiger partial charge in [-0.05, 0) is 82.5 Å². The highest BCUT2D eigenvalue weighted by Crippen LogP contribution is 2.38. The Bertz CT molecular complexity index is 1310. The van der Waals surface area contributed by atoms with Gasteiger partial charge in [-0.3, -0.25) is 19.3 Å². The van der Waals surface area contributed by atoms with Crippen LogP contribution in [0.5, 0.6) is 0 Å². The van der Waals surface area contributed by atoms with Gasteiger partial charge < -0.3 is 29.7 Å². The predicted molar refractivity (Wildman–Crippen MR) is 204 cm³/mol. The van der Waals surface area contributed by atoms with Gasteiger partial charge in [-0.2, -0.15) is 0 Å². The lowest BCUT2D eigenvalue weighted by atomic mass is 9.96. The number of rotatable bonds is 19. The molecule has 296 valence electrons. The molecule has 0 spiro atoms. The molecule has 0 aliphatic rings. The van der Waals surface area contributed by atoms with Gasteiger partial charge >= 0.3 is 18.0 Å². The average molecular weight is 750 g/mol. The van der Waals surface area contributed by atoms with Crippen molar-refractivity contribution < 1.29 is 42.6 Å². The van der Waals surface area contributed by atoms with Crippen LogP contribution in [0.15, 0.2) is 30.3 Å². The number of ether oxygens (including phenoxy) is 3. The Morgan fingerprint density at radius 3 is 2.00 bits per heavy atom. The minimum atomic E-state index is -2.39. The second kappa shape index (κ2) is 20.8. The molecule has 52 heavy (non-hydrogen) atoms. The van der Waals surface area contributed by atoms with Crippen molar-refractivity contribution in [3.05, 3.63) is 35.9 Å². The van der Waals surface area contributed by atoms with Crippen molar-refractivity contribution in [2.24, 2.45) is 17.6 Å². The van der Waals surface area contributed by atoms with Crippen molar-refractivity contribution in [3.63, 3.8) is 0 Å². The molecule has 3 N–H and O–H groups in total. The molecule has 13 heteroatoms. The predicted octanol–water partition coefficient (Wildman–Crippen LogP) is 6.89. The van der Waals surface area contributed by atoms with Crippen LogP contribution in [0.25, 0.3) is 0 Å². The van der Waals surface area contributed by atoms with Gasteiger partial charge in [0.05, 0.1) is 31.2 Å². The number of alkyl carbamates (subject to hydrolysis) is 1. The summed E-state index contributed by atoms with van der Waals surface area (Å²) in [6, 6.07) is 6.44. The zero-order valence-corrected chi connectivity index (χ0v) is 35.0. The first-order valence-corrected chi connectivity index (χ1v) is 21.4. The summed E-state index contributed by atoms with van der Waals surface area (Å²) in [5.41, 5.74) is 6.25. The molecule has 0 saturated heterocycles. The van der Waals surface area contributed by atoms with E-state index >= 15 is 0 Å². The summed E-state index contributed by atoms with van der Waals surface area (Å²) in [5.74, 6) is -2.40. The number of hydrogen-bond donors (Lipinski definition) is 2. The maximum absolute atomic E-state index is 13.4. The molecule has 1 aromatic rings. The number of nitrogens with two attached hydrogens (primary N) is 1. The highest BCUT2D eigenvalue weighted by atomic mass is 28.4. The van der Waals surface area contributed by atoms with Crippen LogP contribution in [0.2, 0.25) is 18.1 Å². The van der Waals surface area contributed by atoms with E-state index in [1.165, 1.54) is 6.92 Å². The van der Waals surface area contributed by atoms with Crippen molar-refractivity contribution in [1.29, 1.82) is 0 Å². The van der Waals surface area contributed by atoms with E-state index < -0.39 is 68.0 Å². The van der Waals surface area contributed by atoms with Crippen LogP contribution < -0.4 is 11.1 Å². The SMILES string of the molecule is CC(C)CC(N)C(=O)N(C(=O)CCCCOC(=O)C[C@H](O[Si](C)(C)C(C)(C)C)[C@H](NC(=O)OC(C)(C)C)C(C)C)C(C)C(=O)OCc1ccccc1. The van der Waals surface area contributed by atoms with Crippen molar-refractivity contribution >= 4 is 38.2 Å². The Kier molecular flexibility index (Phi) is 18.7. The van der Waals surface area contributed by atoms with Crippen LogP contribution in [-0.2, 0) is 44.4 Å². The van der Waals surface area contributed by atoms with Crippen molar-refractivity contribution in [2.75, 3.05) is 6.61 Å². The fourth-order valence-electron chi connectivity index (χ4n) is 5.11. The molecule has 1 aromatic carbocycles. The van der Waals surface area contributed by atoms with Gasteiger partial charge in [0.2, 0.25) is 11.8 Å². The van der Waals surface area contributed by atoms with E-state index in [9.17, 15) is 24.0 Å². The second-order valence-electron chi connectivity index (χ2n) is 16.8. The van der Waals surface area contributed by atoms with Crippen LogP contribution >= 0.6 is 0 Å². The Labute approximate surface area is 313 Å². The summed E-state index contributed by atoms with van der Waals surface area (Å²) < 4.78 is 23.2. The molecule has 3 amide bonds. The molecular formula is C39H67N3O9Si. The fourth-order valence-corrected chi connectivity index (χ4v) is 6.45. The molecule has 0 radical (unpaired) electrons. The minimum Gasteiger partial charge on any atom is -0.466 e. The van der Waals surface area contributed by atoms with E-state index in [1.807, 2.05) is 58.0 Å². The third-order valence-electron chi connectivity index (χ3n) is 8.97. The molecular weight excluding hydrogens is 683 g/mol. The number of unbranched alkanes of at least 4 members (excludes halogenated alkanes) is 1. The third-order valence-corrected chi connectivity index (χ3v) is 13.5. The number of nitrogens with one attached hydrogen (secondary N) is 1. The Morgan fingerprint density at radius 1 is 0.885 bits per heavy atom. The number of imide groups is 1. The number of nitrogens with zero attached hydrogens (tertiary/aromatic N) is 1. The van der Waals surface area contributed by atoms with Crippen LogP contribution in [0.4, 0.5) is 4.79 Å². The Hall–Kier alpha value is -3.29. The zero-order chi connectivity index (χ0) is 40.0. The second-order valence-corrected chi connectivity index (χ2v) is 21.6. The van der Waals surface area contributed by atoms with Gasteiger partial charge in [-0.15, -0.1) is 0 Å². The maximum atomic E-state index is 13.4. The van der Waals surface area contributed by atoms with E-state index in [0.717, 1.165) is 10.5 Å². The molecule has 0 aliphatic carbocycles. The standard InChI is InChI=1S/C39H67N3O9Si/c1-26(2)23-30(40)35(45)42(28(5)36(46)49-25-29-19-15-14-16-20-29)32(43)21-17-18-22-48-33(44)24-31(51-52(12,13)39(9,10)11)34(27(3)4)41-37(47)50-38(6,7)8/h14-16,19-20,26-28,30-31,34H,17-18,21-25,40H2,1-13H3,(H,41,47)/t28?,30?,31-,34+/m0/s1. The van der Waals surface area contributed by atoms with Crippen molar-refractivity contribution in [1.82, 2.24) is 10.2 Å². The lowest BCUT2D eigenvalue weighted by Gasteiger charge is -2.42. The number of benzene rings is 1. The molecule has 0 bridgehead atoms. The monoisotopic (exact) mass is 749 g/mol. The van der Waals surface area contributed by atoms with Crippen LogP contribution in [0.3, 0.4) is 0 Å². The molecule has 0 saturated carbocycles. The topological polar surface area (TPSA) is 164 Å². The first-order valence-electron chi connectivity index (χ1n) is 18.5. The number of hydrogen-bond acceptors (Lipinski definition) is 10. The van der Waals surface area contributed by atoms with Gasteiger partial charge in [0.1, 0.15) is 18.2 Å². The normalized spacial score (nSPS) is 14.6. The smallest absolute Gasteiger partial charge is 0.407 e. The van der Waals surface area contributed by atoms with Crippen LogP contribution in [0, 0.1) is 11.8 Å². The molecule has 0 aromatic heterocycles. The molecule has 0 fully saturated rings. The molecule has 2 unspecified atom stereocenters. The first kappa shape index (κ1) is 46.7. The first-order chi connectivity index (χ1) is 23.9. The number of amides is 3. The van der Waals surface area contributed by atoms with Gasteiger partial charge in [0.25, 0.3) is 0 Å². The summed E-state index contributed by atoms with van der Waals surface area (Å²) >= 11 is 0. The highest BCUT2D eigenvalue weighted by molar-refractivity contribution is 6.74. The Balaban J connectivity index is 2.96. The third kappa shape index (κ3) is 16.6. The number of carbonyl (C=O) groups is 5. The number of esters is 2. The lowest BCUT2D eigenvalue weighted by molar-refractivity contribution is -0.162. The van der Waals surface area contributed by atoms with Crippen molar-refractivity contribution in [3.8, 4) is 0 Å². The average Bonchev–Trinajstić information content (AvgIpc) is 3.00. The highest BCUT2D eigenvalue weighted by Gasteiger charge is 2.43. The van der Waals surface area contributed by atoms with E-state index in [4.69, 9.17) is 24.4 Å². The zero-order valence-electron chi connectivity index (χ0n) is 34.0. The van der Waals surface area contributed by atoms with E-state index in [0.29, 0.717) is 19.3 Å². The van der Waals surface area contributed by atoms with Gasteiger partial charge in [-0.1, -0.05) is 78.8 Å². The number of carbonyl (C=O) groups excluding carboxylic acids is 5. The largest absolute Gasteiger partial charge is 0.466 e. The summed E-state index contributed by atoms with van der Waals surface area (Å²) in [4.78, 5) is 66.7. The summed E-state index contributed by atoms with van der Waals surface area (Å²) in [5, 5.41) is 2.78. The molecule has 12 nitrogen and oxygen atoms in total. The van der Waals surface area contributed by atoms with Crippen molar-refractivity contribution in [2.45, 2.75) is 163 Å². The molecule has 0 aliphatic heterocycles. The summed E-state index contributed by atoms with van der Waals surface area (Å²) in [7, 11) is -2.39. The summed E-state index contributed by atoms with van der Waals surface area (Å²) in [6.07, 6.45) is -0.454. The quantitative estimate of drug-likeness (QED) is 0.0659. The Morgan fingerprint density at radius 2 is 1.48 bits per heavy atom. The van der Waals surface area contributed by atoms with Crippen LogP contribution in [-0.4, -0.2) is 79.5 Å². The molecule has 4 atom stereocenters. The van der Waals surface area contributed by atoms with E-state index in [-0.39, 0.29) is 42.9 Å². The van der Waals surface area contributed by atoms with E-state index in [2.05, 4.69) is 39.2 Å². The fraction of sp³-hybridized carbons (Fsp3) is 0.718.